The summed E-state index contributed by atoms with van der Waals surface area (Å²) in [6.07, 6.45) is 1.75. The van der Waals surface area contributed by atoms with E-state index in [4.69, 9.17) is 9.47 Å². The minimum atomic E-state index is -0.338. The van der Waals surface area contributed by atoms with E-state index in [9.17, 15) is 4.79 Å². The Balaban J connectivity index is 1.60. The number of hydrogen-bond acceptors (Lipinski definition) is 4. The van der Waals surface area contributed by atoms with E-state index >= 15 is 0 Å². The zero-order valence-electron chi connectivity index (χ0n) is 16.0. The van der Waals surface area contributed by atoms with Crippen LogP contribution in [-0.4, -0.2) is 25.8 Å². The van der Waals surface area contributed by atoms with E-state index in [0.717, 1.165) is 34.0 Å². The summed E-state index contributed by atoms with van der Waals surface area (Å²) in [4.78, 5) is 15.2. The quantitative estimate of drug-likeness (QED) is 0.719. The van der Waals surface area contributed by atoms with Crippen molar-refractivity contribution < 1.29 is 14.3 Å². The first-order valence-electron chi connectivity index (χ1n) is 9.50. The summed E-state index contributed by atoms with van der Waals surface area (Å²) in [7, 11) is 1.64. The maximum Gasteiger partial charge on any atom is 0.262 e. The second-order valence-electron chi connectivity index (χ2n) is 7.01. The van der Waals surface area contributed by atoms with Crippen molar-refractivity contribution in [2.45, 2.75) is 6.17 Å². The third-order valence-corrected chi connectivity index (χ3v) is 5.27. The average Bonchev–Trinajstić information content (AvgIpc) is 2.79. The highest BCUT2D eigenvalue weighted by atomic mass is 16.5. The molecule has 0 aliphatic carbocycles. The molecule has 0 bridgehead atoms. The van der Waals surface area contributed by atoms with E-state index in [1.165, 1.54) is 0 Å². The van der Waals surface area contributed by atoms with Gasteiger partial charge in [-0.15, -0.1) is 0 Å². The molecule has 2 heterocycles. The van der Waals surface area contributed by atoms with Crippen LogP contribution in [0.1, 0.15) is 15.9 Å². The molecule has 5 nitrogen and oxygen atoms in total. The van der Waals surface area contributed by atoms with Crippen LogP contribution >= 0.6 is 0 Å². The van der Waals surface area contributed by atoms with Gasteiger partial charge in [-0.25, -0.2) is 0 Å². The van der Waals surface area contributed by atoms with Crippen LogP contribution in [0.4, 0.5) is 11.4 Å². The third kappa shape index (κ3) is 3.01. The number of fused-ring (bicyclic) bond motifs is 2. The lowest BCUT2D eigenvalue weighted by Crippen LogP contribution is -2.51. The third-order valence-electron chi connectivity index (χ3n) is 5.27. The fraction of sp³-hybridized carbons (Fsp3) is 0.125. The lowest BCUT2D eigenvalue weighted by atomic mass is 9.99. The summed E-state index contributed by atoms with van der Waals surface area (Å²) >= 11 is 0. The van der Waals surface area contributed by atoms with Gasteiger partial charge in [0.05, 0.1) is 12.7 Å². The molecular weight excluding hydrogens is 364 g/mol. The van der Waals surface area contributed by atoms with Gasteiger partial charge in [0.15, 0.2) is 0 Å². The van der Waals surface area contributed by atoms with Gasteiger partial charge < -0.3 is 14.8 Å². The first kappa shape index (κ1) is 17.4. The molecule has 5 rings (SSSR count). The largest absolute Gasteiger partial charge is 0.497 e. The monoisotopic (exact) mass is 384 g/mol. The number of hydrogen-bond donors (Lipinski definition) is 1. The van der Waals surface area contributed by atoms with Crippen molar-refractivity contribution in [1.29, 1.82) is 0 Å². The normalized spacial score (nSPS) is 17.4. The molecule has 3 aromatic rings. The molecule has 29 heavy (non-hydrogen) atoms. The molecule has 144 valence electrons. The molecule has 0 spiro atoms. The van der Waals surface area contributed by atoms with Gasteiger partial charge in [-0.2, -0.15) is 0 Å². The number of benzene rings is 3. The molecule has 0 aromatic heterocycles. The first-order valence-corrected chi connectivity index (χ1v) is 9.50. The zero-order valence-corrected chi connectivity index (χ0v) is 16.0. The Morgan fingerprint density at radius 3 is 2.66 bits per heavy atom. The Bertz CT molecular complexity index is 1110. The summed E-state index contributed by atoms with van der Waals surface area (Å²) in [5.41, 5.74) is 4.28. The highest BCUT2D eigenvalue weighted by Gasteiger charge is 2.36. The second kappa shape index (κ2) is 7.02. The highest BCUT2D eigenvalue weighted by molar-refractivity contribution is 6.12. The first-order chi connectivity index (χ1) is 14.2. The van der Waals surface area contributed by atoms with Crippen molar-refractivity contribution in [3.63, 3.8) is 0 Å². The number of nitrogens with zero attached hydrogens (tertiary/aromatic N) is 1. The minimum Gasteiger partial charge on any atom is -0.497 e. The maximum absolute atomic E-state index is 13.4. The van der Waals surface area contributed by atoms with E-state index in [2.05, 4.69) is 11.4 Å². The van der Waals surface area contributed by atoms with Crippen molar-refractivity contribution in [1.82, 2.24) is 0 Å². The smallest absolute Gasteiger partial charge is 0.262 e. The van der Waals surface area contributed by atoms with E-state index < -0.39 is 0 Å². The lowest BCUT2D eigenvalue weighted by Gasteiger charge is -2.40. The van der Waals surface area contributed by atoms with Gasteiger partial charge in [0.25, 0.3) is 5.91 Å². The topological polar surface area (TPSA) is 50.8 Å². The molecule has 2 aliphatic rings. The van der Waals surface area contributed by atoms with Crippen LogP contribution in [0.3, 0.4) is 0 Å². The Morgan fingerprint density at radius 2 is 1.83 bits per heavy atom. The molecule has 1 unspecified atom stereocenters. The van der Waals surface area contributed by atoms with Gasteiger partial charge in [0.1, 0.15) is 24.3 Å². The Kier molecular flexibility index (Phi) is 4.21. The summed E-state index contributed by atoms with van der Waals surface area (Å²) in [6.45, 7) is 0.386. The van der Waals surface area contributed by atoms with Crippen LogP contribution < -0.4 is 19.7 Å². The van der Waals surface area contributed by atoms with Crippen LogP contribution in [0.25, 0.3) is 6.08 Å². The fourth-order valence-electron chi connectivity index (χ4n) is 3.81. The predicted molar refractivity (Wildman–Crippen MR) is 114 cm³/mol. The number of amides is 1. The molecule has 0 saturated heterocycles. The van der Waals surface area contributed by atoms with E-state index in [-0.39, 0.29) is 12.1 Å². The standard InChI is InChI=1S/C24H20N2O3/c1-28-19-12-11-16-13-17(15-29-22(16)14-19)23-25-21-10-6-5-9-20(21)24(27)26(23)18-7-3-2-4-8-18/h2-14,23,25H,15H2,1H3. The molecule has 0 radical (unpaired) electrons. The van der Waals surface area contributed by atoms with E-state index in [0.29, 0.717) is 12.2 Å². The van der Waals surface area contributed by atoms with Gasteiger partial charge >= 0.3 is 0 Å². The van der Waals surface area contributed by atoms with Crippen LogP contribution in [0.15, 0.2) is 78.4 Å². The number of methoxy groups -OCH3 is 1. The number of para-hydroxylation sites is 2. The number of rotatable bonds is 3. The zero-order chi connectivity index (χ0) is 19.8. The number of nitrogens with one attached hydrogen (secondary N) is 1. The average molecular weight is 384 g/mol. The molecule has 3 aromatic carbocycles. The minimum absolute atomic E-state index is 0.0306. The second-order valence-corrected chi connectivity index (χ2v) is 7.01. The van der Waals surface area contributed by atoms with Crippen LogP contribution in [0, 0.1) is 0 Å². The number of carbonyl (C=O) groups excluding carboxylic acids is 1. The molecule has 5 heteroatoms. The van der Waals surface area contributed by atoms with Crippen molar-refractivity contribution in [2.75, 3.05) is 23.9 Å². The van der Waals surface area contributed by atoms with Gasteiger partial charge in [0.2, 0.25) is 0 Å². The summed E-state index contributed by atoms with van der Waals surface area (Å²) in [5.74, 6) is 1.50. The number of ether oxygens (including phenoxy) is 2. The van der Waals surface area contributed by atoms with Gasteiger partial charge in [-0.05, 0) is 42.5 Å². The fourth-order valence-corrected chi connectivity index (χ4v) is 3.81. The lowest BCUT2D eigenvalue weighted by molar-refractivity contribution is 0.0977. The predicted octanol–water partition coefficient (Wildman–Crippen LogP) is 4.57. The summed E-state index contributed by atoms with van der Waals surface area (Å²) in [5, 5.41) is 3.53. The molecule has 0 fully saturated rings. The SMILES string of the molecule is COc1ccc2c(c1)OCC(C1Nc3ccccc3C(=O)N1c1ccccc1)=C2. The maximum atomic E-state index is 13.4. The van der Waals surface area contributed by atoms with Gasteiger partial charge in [-0.3, -0.25) is 9.69 Å². The van der Waals surface area contributed by atoms with Crippen LogP contribution in [0.5, 0.6) is 11.5 Å². The van der Waals surface area contributed by atoms with Crippen molar-refractivity contribution in [3.8, 4) is 11.5 Å². The number of carbonyl (C=O) groups is 1. The van der Waals surface area contributed by atoms with Gasteiger partial charge in [0, 0.05) is 28.6 Å². The van der Waals surface area contributed by atoms with Crippen LogP contribution in [-0.2, 0) is 0 Å². The highest BCUT2D eigenvalue weighted by Crippen LogP contribution is 2.36. The Hall–Kier alpha value is -3.73. The van der Waals surface area contributed by atoms with Crippen molar-refractivity contribution in [2.24, 2.45) is 0 Å². The van der Waals surface area contributed by atoms with Crippen molar-refractivity contribution >= 4 is 23.4 Å². The van der Waals surface area contributed by atoms with E-state index in [1.54, 1.807) is 12.0 Å². The molecule has 0 saturated carbocycles. The van der Waals surface area contributed by atoms with Crippen LogP contribution in [0.2, 0.25) is 0 Å². The van der Waals surface area contributed by atoms with Gasteiger partial charge in [-0.1, -0.05) is 30.3 Å². The summed E-state index contributed by atoms with van der Waals surface area (Å²) in [6, 6.07) is 23.1. The molecule has 2 aliphatic heterocycles. The summed E-state index contributed by atoms with van der Waals surface area (Å²) < 4.78 is 11.3. The molecule has 1 atom stereocenters. The van der Waals surface area contributed by atoms with Crippen molar-refractivity contribution in [3.05, 3.63) is 89.5 Å². The molecule has 1 N–H and O–H groups in total. The van der Waals surface area contributed by atoms with E-state index in [1.807, 2.05) is 72.8 Å². The number of anilines is 2. The molecular formula is C24H20N2O3. The Labute approximate surface area is 169 Å². The molecule has 1 amide bonds. The Morgan fingerprint density at radius 1 is 1.03 bits per heavy atom.